The van der Waals surface area contributed by atoms with Gasteiger partial charge in [-0.05, 0) is 18.1 Å². The first-order valence-electron chi connectivity index (χ1n) is 8.21. The topological polar surface area (TPSA) is 66.4 Å². The third-order valence-electron chi connectivity index (χ3n) is 4.22. The van der Waals surface area contributed by atoms with Gasteiger partial charge in [0, 0.05) is 43.6 Å². The number of benzene rings is 1. The maximum atomic E-state index is 12.6. The number of hydrogen-bond donors (Lipinski definition) is 0. The maximum absolute atomic E-state index is 12.6. The van der Waals surface area contributed by atoms with Crippen LogP contribution in [-0.2, 0) is 11.2 Å². The van der Waals surface area contributed by atoms with E-state index in [4.69, 9.17) is 11.6 Å². The van der Waals surface area contributed by atoms with Crippen LogP contribution in [-0.4, -0.2) is 57.8 Å². The summed E-state index contributed by atoms with van der Waals surface area (Å²) < 4.78 is 0. The van der Waals surface area contributed by atoms with Crippen molar-refractivity contribution in [3.63, 3.8) is 0 Å². The zero-order valence-electron chi connectivity index (χ0n) is 13.8. The van der Waals surface area contributed by atoms with Crippen molar-refractivity contribution in [2.75, 3.05) is 26.2 Å². The zero-order valence-corrected chi connectivity index (χ0v) is 14.5. The van der Waals surface area contributed by atoms with Gasteiger partial charge in [0.05, 0.1) is 12.6 Å². The minimum Gasteiger partial charge on any atom is -0.341 e. The molecule has 2 heterocycles. The molecule has 0 radical (unpaired) electrons. The summed E-state index contributed by atoms with van der Waals surface area (Å²) in [4.78, 5) is 36.5. The second-order valence-corrected chi connectivity index (χ2v) is 6.29. The van der Waals surface area contributed by atoms with Gasteiger partial charge in [-0.25, -0.2) is 4.98 Å². The molecule has 0 atom stereocenters. The van der Waals surface area contributed by atoms with E-state index in [1.807, 2.05) is 18.2 Å². The lowest BCUT2D eigenvalue weighted by Gasteiger charge is -2.22. The molecule has 2 aromatic rings. The summed E-state index contributed by atoms with van der Waals surface area (Å²) in [5.41, 5.74) is 1.16. The number of nitrogens with zero attached hydrogens (tertiary/aromatic N) is 4. The van der Waals surface area contributed by atoms with Crippen LogP contribution in [0, 0.1) is 0 Å². The van der Waals surface area contributed by atoms with E-state index in [1.165, 1.54) is 18.6 Å². The molecule has 0 N–H and O–H groups in total. The Morgan fingerprint density at radius 2 is 1.80 bits per heavy atom. The molecule has 3 rings (SSSR count). The SMILES string of the molecule is O=C(Cc1ccccc1Cl)N1CCCN(C(=O)c2cnccn2)CC1. The van der Waals surface area contributed by atoms with Crippen molar-refractivity contribution in [2.45, 2.75) is 12.8 Å². The molecule has 0 aliphatic carbocycles. The normalized spacial score (nSPS) is 14.9. The van der Waals surface area contributed by atoms with Crippen LogP contribution in [0.2, 0.25) is 5.02 Å². The maximum Gasteiger partial charge on any atom is 0.274 e. The van der Waals surface area contributed by atoms with Crippen LogP contribution in [0.15, 0.2) is 42.9 Å². The molecule has 2 amide bonds. The molecule has 0 bridgehead atoms. The van der Waals surface area contributed by atoms with Gasteiger partial charge in [-0.2, -0.15) is 0 Å². The molecule has 1 saturated heterocycles. The van der Waals surface area contributed by atoms with Crippen molar-refractivity contribution in [1.29, 1.82) is 0 Å². The molecule has 130 valence electrons. The quantitative estimate of drug-likeness (QED) is 0.842. The molecule has 0 spiro atoms. The van der Waals surface area contributed by atoms with Crippen LogP contribution in [0.25, 0.3) is 0 Å². The van der Waals surface area contributed by atoms with Gasteiger partial charge in [0.1, 0.15) is 5.69 Å². The molecular formula is C18H19ClN4O2. The number of aromatic nitrogens is 2. The van der Waals surface area contributed by atoms with Crippen molar-refractivity contribution in [2.24, 2.45) is 0 Å². The number of halogens is 1. The van der Waals surface area contributed by atoms with Crippen LogP contribution < -0.4 is 0 Å². The Bertz CT molecular complexity index is 754. The Balaban J connectivity index is 1.60. The summed E-state index contributed by atoms with van der Waals surface area (Å²) in [6.07, 6.45) is 5.52. The van der Waals surface area contributed by atoms with Crippen molar-refractivity contribution in [3.05, 3.63) is 59.1 Å². The van der Waals surface area contributed by atoms with Crippen LogP contribution >= 0.6 is 11.6 Å². The molecular weight excluding hydrogens is 340 g/mol. The van der Waals surface area contributed by atoms with Gasteiger partial charge in [-0.15, -0.1) is 0 Å². The van der Waals surface area contributed by atoms with E-state index in [0.717, 1.165) is 12.0 Å². The number of carbonyl (C=O) groups is 2. The standard InChI is InChI=1S/C18H19ClN4O2/c19-15-5-2-1-4-14(15)12-17(24)22-8-3-9-23(11-10-22)18(25)16-13-20-6-7-21-16/h1-2,4-7,13H,3,8-12H2. The monoisotopic (exact) mass is 358 g/mol. The number of carbonyl (C=O) groups excluding carboxylic acids is 2. The van der Waals surface area contributed by atoms with Crippen molar-refractivity contribution in [1.82, 2.24) is 19.8 Å². The number of rotatable bonds is 3. The first kappa shape index (κ1) is 17.4. The van der Waals surface area contributed by atoms with E-state index in [9.17, 15) is 9.59 Å². The highest BCUT2D eigenvalue weighted by Gasteiger charge is 2.23. The number of amides is 2. The summed E-state index contributed by atoms with van der Waals surface area (Å²) in [5, 5.41) is 0.602. The van der Waals surface area contributed by atoms with E-state index >= 15 is 0 Å². The van der Waals surface area contributed by atoms with E-state index in [-0.39, 0.29) is 18.2 Å². The lowest BCUT2D eigenvalue weighted by molar-refractivity contribution is -0.130. The molecule has 1 aliphatic heterocycles. The molecule has 0 saturated carbocycles. The zero-order chi connectivity index (χ0) is 17.6. The van der Waals surface area contributed by atoms with Crippen molar-refractivity contribution in [3.8, 4) is 0 Å². The summed E-state index contributed by atoms with van der Waals surface area (Å²) in [5.74, 6) is -0.115. The van der Waals surface area contributed by atoms with Gasteiger partial charge < -0.3 is 9.80 Å². The molecule has 6 nitrogen and oxygen atoms in total. The van der Waals surface area contributed by atoms with Gasteiger partial charge >= 0.3 is 0 Å². The first-order chi connectivity index (χ1) is 12.1. The second kappa shape index (κ2) is 8.07. The molecule has 0 unspecified atom stereocenters. The lowest BCUT2D eigenvalue weighted by atomic mass is 10.1. The van der Waals surface area contributed by atoms with Gasteiger partial charge in [0.25, 0.3) is 5.91 Å². The Morgan fingerprint density at radius 3 is 2.56 bits per heavy atom. The largest absolute Gasteiger partial charge is 0.341 e. The number of hydrogen-bond acceptors (Lipinski definition) is 4. The molecule has 1 fully saturated rings. The summed E-state index contributed by atoms with van der Waals surface area (Å²) in [6.45, 7) is 2.23. The summed E-state index contributed by atoms with van der Waals surface area (Å²) in [6, 6.07) is 7.37. The van der Waals surface area contributed by atoms with Gasteiger partial charge in [-0.1, -0.05) is 29.8 Å². The Kier molecular flexibility index (Phi) is 5.60. The fourth-order valence-electron chi connectivity index (χ4n) is 2.86. The summed E-state index contributed by atoms with van der Waals surface area (Å²) >= 11 is 6.14. The minimum absolute atomic E-state index is 0.0295. The van der Waals surface area contributed by atoms with E-state index in [2.05, 4.69) is 9.97 Å². The fraction of sp³-hybridized carbons (Fsp3) is 0.333. The molecule has 1 aromatic heterocycles. The average Bonchev–Trinajstić information content (AvgIpc) is 2.90. The summed E-state index contributed by atoms with van der Waals surface area (Å²) in [7, 11) is 0. The third kappa shape index (κ3) is 4.33. The van der Waals surface area contributed by atoms with Crippen LogP contribution in [0.3, 0.4) is 0 Å². The van der Waals surface area contributed by atoms with Crippen molar-refractivity contribution < 1.29 is 9.59 Å². The van der Waals surface area contributed by atoms with E-state index in [0.29, 0.717) is 36.9 Å². The highest BCUT2D eigenvalue weighted by Crippen LogP contribution is 2.17. The van der Waals surface area contributed by atoms with Gasteiger partial charge in [0.2, 0.25) is 5.91 Å². The van der Waals surface area contributed by atoms with E-state index in [1.54, 1.807) is 15.9 Å². The molecule has 1 aromatic carbocycles. The molecule has 25 heavy (non-hydrogen) atoms. The Labute approximate surface area is 151 Å². The molecule has 1 aliphatic rings. The van der Waals surface area contributed by atoms with Crippen LogP contribution in [0.4, 0.5) is 0 Å². The average molecular weight is 359 g/mol. The van der Waals surface area contributed by atoms with Crippen LogP contribution in [0.1, 0.15) is 22.5 Å². The molecule has 7 heteroatoms. The highest BCUT2D eigenvalue weighted by molar-refractivity contribution is 6.31. The third-order valence-corrected chi connectivity index (χ3v) is 4.59. The van der Waals surface area contributed by atoms with Crippen LogP contribution in [0.5, 0.6) is 0 Å². The lowest BCUT2D eigenvalue weighted by Crippen LogP contribution is -2.38. The Hall–Kier alpha value is -2.47. The first-order valence-corrected chi connectivity index (χ1v) is 8.59. The van der Waals surface area contributed by atoms with Gasteiger partial charge in [0.15, 0.2) is 0 Å². The predicted octanol–water partition coefficient (Wildman–Crippen LogP) is 2.05. The van der Waals surface area contributed by atoms with E-state index < -0.39 is 0 Å². The minimum atomic E-state index is -0.145. The smallest absolute Gasteiger partial charge is 0.274 e. The Morgan fingerprint density at radius 1 is 1.04 bits per heavy atom. The van der Waals surface area contributed by atoms with Gasteiger partial charge in [-0.3, -0.25) is 14.6 Å². The highest BCUT2D eigenvalue weighted by atomic mass is 35.5. The van der Waals surface area contributed by atoms with Crippen molar-refractivity contribution >= 4 is 23.4 Å². The fourth-order valence-corrected chi connectivity index (χ4v) is 3.06. The second-order valence-electron chi connectivity index (χ2n) is 5.89. The predicted molar refractivity (Wildman–Crippen MR) is 94.3 cm³/mol.